The van der Waals surface area contributed by atoms with Crippen molar-refractivity contribution in [3.8, 4) is 22.3 Å². The fourth-order valence-electron chi connectivity index (χ4n) is 3.33. The van der Waals surface area contributed by atoms with Crippen molar-refractivity contribution < 1.29 is 0 Å². The van der Waals surface area contributed by atoms with Gasteiger partial charge in [0, 0.05) is 0 Å². The third-order valence-electron chi connectivity index (χ3n) is 4.74. The molecule has 0 spiro atoms. The summed E-state index contributed by atoms with van der Waals surface area (Å²) in [6.07, 6.45) is 0. The molecule has 28 heavy (non-hydrogen) atoms. The van der Waals surface area contributed by atoms with Gasteiger partial charge in [-0.3, -0.25) is 0 Å². The zero-order valence-electron chi connectivity index (χ0n) is 16.4. The van der Waals surface area contributed by atoms with Gasteiger partial charge in [0.1, 0.15) is 0 Å². The molecule has 0 heterocycles. The molecule has 0 nitrogen and oxygen atoms in total. The molecule has 2 unspecified atom stereocenters. The zero-order chi connectivity index (χ0) is 19.9. The average molecular weight is 400 g/mol. The van der Waals surface area contributed by atoms with Crippen LogP contribution in [0.4, 0.5) is 0 Å². The molecule has 2 atom stereocenters. The quantitative estimate of drug-likeness (QED) is 0.345. The van der Waals surface area contributed by atoms with Crippen LogP contribution in [0.3, 0.4) is 0 Å². The third-order valence-corrected chi connectivity index (χ3v) is 5.70. The van der Waals surface area contributed by atoms with Crippen LogP contribution >= 0.6 is 18.5 Å². The maximum Gasteiger partial charge on any atom is -0.00741 e. The second-order valence-electron chi connectivity index (χ2n) is 6.81. The summed E-state index contributed by atoms with van der Waals surface area (Å²) in [5.74, 6) is 0. The van der Waals surface area contributed by atoms with Gasteiger partial charge in [-0.25, -0.2) is 0 Å². The number of benzene rings is 4. The Balaban J connectivity index is 0.000000167. The Labute approximate surface area is 173 Å². The second kappa shape index (κ2) is 9.79. The molecule has 0 N–H and O–H groups in total. The van der Waals surface area contributed by atoms with Crippen molar-refractivity contribution in [3.05, 3.63) is 108 Å². The van der Waals surface area contributed by atoms with Gasteiger partial charge in [-0.15, -0.1) is 18.5 Å². The lowest BCUT2D eigenvalue weighted by molar-refractivity contribution is 1.44. The molecule has 4 aromatic carbocycles. The minimum atomic E-state index is 1.26. The molecule has 0 aliphatic rings. The monoisotopic (exact) mass is 400 g/mol. The van der Waals surface area contributed by atoms with Crippen LogP contribution in [0.25, 0.3) is 22.3 Å². The Morgan fingerprint density at radius 2 is 0.786 bits per heavy atom. The SMILES string of the molecule is Cc1cccc(P)c1-c1c(C)cccc1P.c1ccc(-c2ccccc2)cc1. The Hall–Kier alpha value is -2.26. The van der Waals surface area contributed by atoms with Gasteiger partial charge in [0.05, 0.1) is 0 Å². The third kappa shape index (κ3) is 4.96. The smallest absolute Gasteiger partial charge is 0.00741 e. The molecule has 0 amide bonds. The highest BCUT2D eigenvalue weighted by atomic mass is 31.0. The predicted octanol–water partition coefficient (Wildman–Crippen LogP) is 6.32. The van der Waals surface area contributed by atoms with E-state index in [2.05, 4.69) is 117 Å². The van der Waals surface area contributed by atoms with Crippen LogP contribution in [0, 0.1) is 13.8 Å². The normalized spacial score (nSPS) is 10.1. The molecule has 0 aliphatic carbocycles. The highest BCUT2D eigenvalue weighted by Crippen LogP contribution is 2.26. The van der Waals surface area contributed by atoms with Crippen molar-refractivity contribution in [2.75, 3.05) is 0 Å². The van der Waals surface area contributed by atoms with Crippen molar-refractivity contribution in [3.63, 3.8) is 0 Å². The summed E-state index contributed by atoms with van der Waals surface area (Å²) in [5.41, 5.74) is 7.89. The van der Waals surface area contributed by atoms with E-state index in [1.807, 2.05) is 12.1 Å². The van der Waals surface area contributed by atoms with Crippen LogP contribution in [0.2, 0.25) is 0 Å². The molecule has 140 valence electrons. The molecule has 0 fully saturated rings. The molecular weight excluding hydrogens is 374 g/mol. The Kier molecular flexibility index (Phi) is 7.16. The summed E-state index contributed by atoms with van der Waals surface area (Å²) < 4.78 is 0. The maximum absolute atomic E-state index is 2.83. The van der Waals surface area contributed by atoms with E-state index in [1.54, 1.807) is 0 Å². The minimum absolute atomic E-state index is 1.26. The van der Waals surface area contributed by atoms with Crippen LogP contribution < -0.4 is 10.6 Å². The van der Waals surface area contributed by atoms with E-state index in [1.165, 1.54) is 44.0 Å². The fraction of sp³-hybridized carbons (Fsp3) is 0.0769. The fourth-order valence-corrected chi connectivity index (χ4v) is 4.29. The van der Waals surface area contributed by atoms with E-state index < -0.39 is 0 Å². The lowest BCUT2D eigenvalue weighted by Gasteiger charge is -2.14. The first kappa shape index (κ1) is 20.5. The van der Waals surface area contributed by atoms with Crippen LogP contribution in [0.15, 0.2) is 97.1 Å². The molecule has 0 aromatic heterocycles. The molecule has 0 radical (unpaired) electrons. The first-order valence-electron chi connectivity index (χ1n) is 9.39. The Bertz CT molecular complexity index is 911. The lowest BCUT2D eigenvalue weighted by atomic mass is 9.96. The van der Waals surface area contributed by atoms with Gasteiger partial charge in [-0.1, -0.05) is 97.1 Å². The van der Waals surface area contributed by atoms with Gasteiger partial charge in [0.15, 0.2) is 0 Å². The molecule has 4 aromatic rings. The standard InChI is InChI=1S/C14H16P2.C12H10/c1-9-5-3-7-11(15)13(9)14-10(2)6-4-8-12(14)16;1-3-7-11(8-4-1)12-9-5-2-6-10-12/h3-8H,15-16H2,1-2H3;1-10H. The summed E-state index contributed by atoms with van der Waals surface area (Å²) in [4.78, 5) is 0. The van der Waals surface area contributed by atoms with Crippen LogP contribution in [0.5, 0.6) is 0 Å². The predicted molar refractivity (Wildman–Crippen MR) is 132 cm³/mol. The molecule has 0 bridgehead atoms. The lowest BCUT2D eigenvalue weighted by Crippen LogP contribution is -2.07. The molecule has 0 saturated carbocycles. The summed E-state index contributed by atoms with van der Waals surface area (Å²) in [7, 11) is 5.66. The number of rotatable bonds is 2. The molecule has 2 heteroatoms. The Morgan fingerprint density at radius 3 is 1.11 bits per heavy atom. The van der Waals surface area contributed by atoms with Gasteiger partial charge in [0.2, 0.25) is 0 Å². The second-order valence-corrected chi connectivity index (χ2v) is 8.05. The van der Waals surface area contributed by atoms with Crippen molar-refractivity contribution in [2.24, 2.45) is 0 Å². The molecule has 4 rings (SSSR count). The summed E-state index contributed by atoms with van der Waals surface area (Å²) in [5, 5.41) is 2.52. The van der Waals surface area contributed by atoms with Gasteiger partial charge < -0.3 is 0 Å². The molecule has 0 saturated heterocycles. The zero-order valence-corrected chi connectivity index (χ0v) is 18.7. The van der Waals surface area contributed by atoms with Crippen molar-refractivity contribution >= 4 is 29.1 Å². The van der Waals surface area contributed by atoms with Crippen LogP contribution in [-0.2, 0) is 0 Å². The van der Waals surface area contributed by atoms with E-state index in [-0.39, 0.29) is 0 Å². The Morgan fingerprint density at radius 1 is 0.429 bits per heavy atom. The van der Waals surface area contributed by atoms with E-state index in [4.69, 9.17) is 0 Å². The minimum Gasteiger partial charge on any atom is -0.105 e. The number of hydrogen-bond donors (Lipinski definition) is 0. The van der Waals surface area contributed by atoms with Crippen molar-refractivity contribution in [2.45, 2.75) is 13.8 Å². The van der Waals surface area contributed by atoms with Gasteiger partial charge in [-0.05, 0) is 57.8 Å². The number of hydrogen-bond acceptors (Lipinski definition) is 0. The average Bonchev–Trinajstić information content (AvgIpc) is 2.72. The van der Waals surface area contributed by atoms with Gasteiger partial charge in [0.25, 0.3) is 0 Å². The molecular formula is C26H26P2. The van der Waals surface area contributed by atoms with E-state index in [9.17, 15) is 0 Å². The van der Waals surface area contributed by atoms with E-state index in [0.717, 1.165) is 0 Å². The topological polar surface area (TPSA) is 0 Å². The first-order valence-corrected chi connectivity index (χ1v) is 10.5. The van der Waals surface area contributed by atoms with Gasteiger partial charge in [-0.2, -0.15) is 0 Å². The van der Waals surface area contributed by atoms with Crippen LogP contribution in [-0.4, -0.2) is 0 Å². The van der Waals surface area contributed by atoms with Crippen LogP contribution in [0.1, 0.15) is 11.1 Å². The summed E-state index contributed by atoms with van der Waals surface area (Å²) in [6, 6.07) is 33.6. The maximum atomic E-state index is 2.83. The van der Waals surface area contributed by atoms with E-state index in [0.29, 0.717) is 0 Å². The molecule has 0 aliphatic heterocycles. The van der Waals surface area contributed by atoms with Crippen molar-refractivity contribution in [1.82, 2.24) is 0 Å². The largest absolute Gasteiger partial charge is 0.105 e. The van der Waals surface area contributed by atoms with E-state index >= 15 is 0 Å². The number of aryl methyl sites for hydroxylation is 2. The highest BCUT2D eigenvalue weighted by molar-refractivity contribution is 7.29. The summed E-state index contributed by atoms with van der Waals surface area (Å²) >= 11 is 0. The highest BCUT2D eigenvalue weighted by Gasteiger charge is 2.10. The summed E-state index contributed by atoms with van der Waals surface area (Å²) in [6.45, 7) is 4.33. The first-order chi connectivity index (χ1) is 13.6. The van der Waals surface area contributed by atoms with Crippen molar-refractivity contribution in [1.29, 1.82) is 0 Å². The van der Waals surface area contributed by atoms with Gasteiger partial charge >= 0.3 is 0 Å².